The predicted molar refractivity (Wildman–Crippen MR) is 41.4 cm³/mol. The van der Waals surface area contributed by atoms with Gasteiger partial charge in [0.15, 0.2) is 0 Å². The third kappa shape index (κ3) is 1.69. The molecule has 0 saturated heterocycles. The van der Waals surface area contributed by atoms with Crippen LogP contribution in [-0.2, 0) is 0 Å². The first kappa shape index (κ1) is 7.52. The summed E-state index contributed by atoms with van der Waals surface area (Å²) in [6, 6.07) is 0. The fraction of sp³-hybridized carbons (Fsp3) is 0.556. The topological polar surface area (TPSA) is 0 Å². The molecule has 0 aromatic heterocycles. The van der Waals surface area contributed by atoms with Crippen molar-refractivity contribution in [3.63, 3.8) is 0 Å². The van der Waals surface area contributed by atoms with Crippen LogP contribution in [0.4, 0.5) is 4.39 Å². The average Bonchev–Trinajstić information content (AvgIpc) is 1.96. The largest absolute Gasteiger partial charge is 0.207 e. The van der Waals surface area contributed by atoms with Gasteiger partial charge in [-0.2, -0.15) is 0 Å². The Morgan fingerprint density at radius 3 is 2.70 bits per heavy atom. The van der Waals surface area contributed by atoms with Crippen molar-refractivity contribution in [2.45, 2.75) is 33.1 Å². The molecule has 0 atom stereocenters. The number of hydrogen-bond acceptors (Lipinski definition) is 0. The van der Waals surface area contributed by atoms with Crippen LogP contribution >= 0.6 is 0 Å². The van der Waals surface area contributed by atoms with Gasteiger partial charge in [0.25, 0.3) is 0 Å². The van der Waals surface area contributed by atoms with Crippen LogP contribution in [0.2, 0.25) is 0 Å². The Morgan fingerprint density at radius 2 is 2.00 bits per heavy atom. The van der Waals surface area contributed by atoms with E-state index in [4.69, 9.17) is 0 Å². The Morgan fingerprint density at radius 1 is 1.30 bits per heavy atom. The molecule has 10 heavy (non-hydrogen) atoms. The molecule has 0 unspecified atom stereocenters. The Bertz CT molecular complexity index is 187. The molecule has 1 aliphatic carbocycles. The van der Waals surface area contributed by atoms with Crippen molar-refractivity contribution in [3.8, 4) is 0 Å². The van der Waals surface area contributed by atoms with Gasteiger partial charge < -0.3 is 0 Å². The minimum Gasteiger partial charge on any atom is -0.207 e. The lowest BCUT2D eigenvalue weighted by atomic mass is 10.1. The third-order valence-electron chi connectivity index (χ3n) is 1.90. The van der Waals surface area contributed by atoms with Crippen molar-refractivity contribution in [2.24, 2.45) is 0 Å². The number of rotatable bonds is 0. The molecule has 56 valence electrons. The minimum atomic E-state index is -0.0185. The van der Waals surface area contributed by atoms with Gasteiger partial charge in [-0.1, -0.05) is 5.57 Å². The number of allylic oxidation sites excluding steroid dienone is 4. The van der Waals surface area contributed by atoms with E-state index >= 15 is 0 Å². The van der Waals surface area contributed by atoms with E-state index in [2.05, 4.69) is 0 Å². The van der Waals surface area contributed by atoms with Crippen LogP contribution in [0.3, 0.4) is 0 Å². The quantitative estimate of drug-likeness (QED) is 0.484. The van der Waals surface area contributed by atoms with Crippen LogP contribution in [0, 0.1) is 0 Å². The van der Waals surface area contributed by atoms with Gasteiger partial charge in [-0.25, -0.2) is 4.39 Å². The van der Waals surface area contributed by atoms with E-state index in [1.54, 1.807) is 6.08 Å². The lowest BCUT2D eigenvalue weighted by molar-refractivity contribution is 0.646. The van der Waals surface area contributed by atoms with E-state index in [0.717, 1.165) is 30.4 Å². The van der Waals surface area contributed by atoms with Crippen molar-refractivity contribution < 1.29 is 4.39 Å². The fourth-order valence-corrected chi connectivity index (χ4v) is 1.16. The van der Waals surface area contributed by atoms with Gasteiger partial charge in [0.1, 0.15) is 5.83 Å². The summed E-state index contributed by atoms with van der Waals surface area (Å²) in [6.07, 6.45) is 4.72. The molecule has 0 fully saturated rings. The smallest absolute Gasteiger partial charge is 0.122 e. The zero-order valence-electron chi connectivity index (χ0n) is 6.58. The molecule has 0 aromatic rings. The molecule has 0 aromatic carbocycles. The van der Waals surface area contributed by atoms with Gasteiger partial charge in [-0.05, 0) is 44.8 Å². The highest BCUT2D eigenvalue weighted by molar-refractivity contribution is 5.23. The summed E-state index contributed by atoms with van der Waals surface area (Å²) in [5.74, 6) is -0.0185. The predicted octanol–water partition coefficient (Wildman–Crippen LogP) is 3.36. The molecular weight excluding hydrogens is 127 g/mol. The Balaban J connectivity index is 2.82. The van der Waals surface area contributed by atoms with Gasteiger partial charge in [0, 0.05) is 0 Å². The normalized spacial score (nSPS) is 20.5. The van der Waals surface area contributed by atoms with Crippen LogP contribution in [0.25, 0.3) is 0 Å². The molecule has 1 rings (SSSR count). The van der Waals surface area contributed by atoms with Crippen LogP contribution in [0.1, 0.15) is 33.1 Å². The maximum absolute atomic E-state index is 12.9. The average molecular weight is 140 g/mol. The summed E-state index contributed by atoms with van der Waals surface area (Å²) >= 11 is 0. The molecule has 1 aliphatic rings. The second-order valence-corrected chi connectivity index (χ2v) is 2.97. The summed E-state index contributed by atoms with van der Waals surface area (Å²) in [6.45, 7) is 3.85. The Labute approximate surface area is 61.4 Å². The first-order valence-corrected chi connectivity index (χ1v) is 3.72. The van der Waals surface area contributed by atoms with Gasteiger partial charge in [-0.3, -0.25) is 0 Å². The third-order valence-corrected chi connectivity index (χ3v) is 1.90. The van der Waals surface area contributed by atoms with Crippen LogP contribution in [-0.4, -0.2) is 0 Å². The van der Waals surface area contributed by atoms with Crippen LogP contribution < -0.4 is 0 Å². The van der Waals surface area contributed by atoms with Gasteiger partial charge in [-0.15, -0.1) is 0 Å². The second-order valence-electron chi connectivity index (χ2n) is 2.97. The van der Waals surface area contributed by atoms with Crippen molar-refractivity contribution in [3.05, 3.63) is 23.0 Å². The number of halogens is 1. The van der Waals surface area contributed by atoms with Crippen molar-refractivity contribution in [1.82, 2.24) is 0 Å². The molecular formula is C9H13F. The first-order valence-electron chi connectivity index (χ1n) is 3.72. The lowest BCUT2D eigenvalue weighted by Gasteiger charge is -1.94. The van der Waals surface area contributed by atoms with Crippen molar-refractivity contribution >= 4 is 0 Å². The molecule has 1 heteroatoms. The number of hydrogen-bond donors (Lipinski definition) is 0. The summed E-state index contributed by atoms with van der Waals surface area (Å²) in [5, 5.41) is 0. The molecule has 0 aliphatic heterocycles. The summed E-state index contributed by atoms with van der Waals surface area (Å²) in [7, 11) is 0. The molecule has 0 heterocycles. The highest BCUT2D eigenvalue weighted by Crippen LogP contribution is 2.22. The SMILES string of the molecule is CC1=CC(F)=C(C)CCC1. The molecule has 0 bridgehead atoms. The molecule has 0 spiro atoms. The van der Waals surface area contributed by atoms with E-state index in [-0.39, 0.29) is 5.83 Å². The first-order chi connectivity index (χ1) is 4.70. The maximum atomic E-state index is 12.9. The molecule has 0 saturated carbocycles. The van der Waals surface area contributed by atoms with Crippen molar-refractivity contribution in [2.75, 3.05) is 0 Å². The van der Waals surface area contributed by atoms with E-state index in [9.17, 15) is 4.39 Å². The molecule has 0 radical (unpaired) electrons. The molecule has 0 nitrogen and oxygen atoms in total. The second kappa shape index (κ2) is 3.00. The van der Waals surface area contributed by atoms with Crippen LogP contribution in [0.5, 0.6) is 0 Å². The highest BCUT2D eigenvalue weighted by Gasteiger charge is 2.04. The van der Waals surface area contributed by atoms with Gasteiger partial charge >= 0.3 is 0 Å². The van der Waals surface area contributed by atoms with E-state index < -0.39 is 0 Å². The highest BCUT2D eigenvalue weighted by atomic mass is 19.1. The van der Waals surface area contributed by atoms with Gasteiger partial charge in [0.2, 0.25) is 0 Å². The van der Waals surface area contributed by atoms with E-state index in [1.807, 2.05) is 13.8 Å². The zero-order chi connectivity index (χ0) is 7.56. The summed E-state index contributed by atoms with van der Waals surface area (Å²) < 4.78 is 12.9. The molecule has 0 amide bonds. The van der Waals surface area contributed by atoms with Crippen LogP contribution in [0.15, 0.2) is 23.0 Å². The van der Waals surface area contributed by atoms with E-state index in [0.29, 0.717) is 0 Å². The Hall–Kier alpha value is -0.590. The van der Waals surface area contributed by atoms with Gasteiger partial charge in [0.05, 0.1) is 0 Å². The minimum absolute atomic E-state index is 0.0185. The monoisotopic (exact) mass is 140 g/mol. The Kier molecular flexibility index (Phi) is 2.25. The van der Waals surface area contributed by atoms with E-state index in [1.165, 1.54) is 0 Å². The molecule has 0 N–H and O–H groups in total. The summed E-state index contributed by atoms with van der Waals surface area (Å²) in [5.41, 5.74) is 2.06. The maximum Gasteiger partial charge on any atom is 0.122 e. The lowest BCUT2D eigenvalue weighted by Crippen LogP contribution is -1.76. The zero-order valence-corrected chi connectivity index (χ0v) is 6.58. The van der Waals surface area contributed by atoms with Crippen molar-refractivity contribution in [1.29, 1.82) is 0 Å². The summed E-state index contributed by atoms with van der Waals surface area (Å²) in [4.78, 5) is 0. The fourth-order valence-electron chi connectivity index (χ4n) is 1.16. The standard InChI is InChI=1S/C9H13F/c1-7-4-3-5-8(2)9(10)6-7/h6H,3-5H2,1-2H3.